The molecule has 3 heteroatoms. The van der Waals surface area contributed by atoms with Crippen molar-refractivity contribution in [3.63, 3.8) is 0 Å². The molecule has 0 radical (unpaired) electrons. The molecular weight excluding hydrogens is 214 g/mol. The van der Waals surface area contributed by atoms with Gasteiger partial charge in [-0.3, -0.25) is 0 Å². The van der Waals surface area contributed by atoms with E-state index in [1.165, 1.54) is 30.6 Å². The lowest BCUT2D eigenvalue weighted by atomic mass is 9.85. The van der Waals surface area contributed by atoms with Crippen molar-refractivity contribution in [1.29, 1.82) is 0 Å². The summed E-state index contributed by atoms with van der Waals surface area (Å²) < 4.78 is 0.927. The van der Waals surface area contributed by atoms with E-state index in [4.69, 9.17) is 11.6 Å². The Labute approximate surface area is 94.5 Å². The second-order valence-electron chi connectivity index (χ2n) is 3.98. The van der Waals surface area contributed by atoms with E-state index in [1.54, 1.807) is 11.3 Å². The number of nitrogens with one attached hydrogen (secondary N) is 1. The molecule has 1 aromatic heterocycles. The first-order valence-corrected chi connectivity index (χ1v) is 6.41. The molecule has 1 nitrogen and oxygen atoms in total. The van der Waals surface area contributed by atoms with Gasteiger partial charge in [-0.05, 0) is 50.8 Å². The Morgan fingerprint density at radius 1 is 1.29 bits per heavy atom. The highest BCUT2D eigenvalue weighted by Gasteiger charge is 2.22. The van der Waals surface area contributed by atoms with Crippen molar-refractivity contribution in [2.75, 3.05) is 7.05 Å². The molecule has 0 amide bonds. The van der Waals surface area contributed by atoms with Crippen molar-refractivity contribution in [3.05, 3.63) is 21.3 Å². The maximum Gasteiger partial charge on any atom is 0.0931 e. The van der Waals surface area contributed by atoms with Crippen LogP contribution < -0.4 is 5.32 Å². The van der Waals surface area contributed by atoms with E-state index in [-0.39, 0.29) is 0 Å². The minimum Gasteiger partial charge on any atom is -0.317 e. The summed E-state index contributed by atoms with van der Waals surface area (Å²) in [4.78, 5) is 1.48. The summed E-state index contributed by atoms with van der Waals surface area (Å²) in [6, 6.07) is 4.95. The van der Waals surface area contributed by atoms with Crippen molar-refractivity contribution in [1.82, 2.24) is 5.32 Å². The molecule has 0 aliphatic heterocycles. The predicted molar refractivity (Wildman–Crippen MR) is 63.4 cm³/mol. The van der Waals surface area contributed by atoms with Gasteiger partial charge in [-0.2, -0.15) is 0 Å². The topological polar surface area (TPSA) is 12.0 Å². The molecule has 0 saturated heterocycles. The average Bonchev–Trinajstić information content (AvgIpc) is 2.65. The molecule has 1 heterocycles. The van der Waals surface area contributed by atoms with Crippen LogP contribution in [0.5, 0.6) is 0 Å². The highest BCUT2D eigenvalue weighted by Crippen LogP contribution is 2.37. The molecule has 1 aliphatic rings. The van der Waals surface area contributed by atoms with Gasteiger partial charge in [0, 0.05) is 10.9 Å². The van der Waals surface area contributed by atoms with Gasteiger partial charge in [0.05, 0.1) is 4.34 Å². The van der Waals surface area contributed by atoms with Gasteiger partial charge >= 0.3 is 0 Å². The summed E-state index contributed by atoms with van der Waals surface area (Å²) in [5.41, 5.74) is 0. The first-order chi connectivity index (χ1) is 6.79. The van der Waals surface area contributed by atoms with Crippen molar-refractivity contribution < 1.29 is 0 Å². The van der Waals surface area contributed by atoms with E-state index in [1.807, 2.05) is 6.07 Å². The molecule has 1 fully saturated rings. The molecule has 14 heavy (non-hydrogen) atoms. The standard InChI is InChI=1S/C11H16ClNS/c1-13-9-4-2-8(3-5-9)10-6-7-11(12)14-10/h6-9,13H,2-5H2,1H3. The van der Waals surface area contributed by atoms with Crippen LogP contribution in [0, 0.1) is 0 Å². The summed E-state index contributed by atoms with van der Waals surface area (Å²) in [7, 11) is 2.06. The fourth-order valence-electron chi connectivity index (χ4n) is 2.21. The number of halogens is 1. The minimum atomic E-state index is 0.738. The van der Waals surface area contributed by atoms with Crippen LogP contribution in [0.1, 0.15) is 36.5 Å². The summed E-state index contributed by atoms with van der Waals surface area (Å²) in [5.74, 6) is 0.761. The largest absolute Gasteiger partial charge is 0.317 e. The molecule has 0 atom stereocenters. The fourth-order valence-corrected chi connectivity index (χ4v) is 3.44. The summed E-state index contributed by atoms with van der Waals surface area (Å²) in [6.07, 6.45) is 5.22. The summed E-state index contributed by atoms with van der Waals surface area (Å²) >= 11 is 7.69. The summed E-state index contributed by atoms with van der Waals surface area (Å²) in [5, 5.41) is 3.36. The van der Waals surface area contributed by atoms with Crippen molar-refractivity contribution in [3.8, 4) is 0 Å². The van der Waals surface area contributed by atoms with E-state index in [2.05, 4.69) is 18.4 Å². The molecule has 1 aromatic rings. The number of thiophene rings is 1. The highest BCUT2D eigenvalue weighted by molar-refractivity contribution is 7.16. The molecular formula is C11H16ClNS. The van der Waals surface area contributed by atoms with E-state index >= 15 is 0 Å². The van der Waals surface area contributed by atoms with E-state index in [0.717, 1.165) is 16.3 Å². The first kappa shape index (κ1) is 10.5. The smallest absolute Gasteiger partial charge is 0.0931 e. The van der Waals surface area contributed by atoms with E-state index in [0.29, 0.717) is 0 Å². The van der Waals surface area contributed by atoms with Crippen molar-refractivity contribution in [2.45, 2.75) is 37.6 Å². The average molecular weight is 230 g/mol. The molecule has 78 valence electrons. The highest BCUT2D eigenvalue weighted by atomic mass is 35.5. The van der Waals surface area contributed by atoms with Crippen LogP contribution in [0.25, 0.3) is 0 Å². The third kappa shape index (κ3) is 2.30. The molecule has 0 spiro atoms. The third-order valence-corrected chi connectivity index (χ3v) is 4.53. The first-order valence-electron chi connectivity index (χ1n) is 5.22. The Balaban J connectivity index is 1.95. The molecule has 2 rings (SSSR count). The van der Waals surface area contributed by atoms with Crippen LogP contribution in [0.4, 0.5) is 0 Å². The van der Waals surface area contributed by atoms with Crippen LogP contribution in [0.15, 0.2) is 12.1 Å². The van der Waals surface area contributed by atoms with Crippen LogP contribution in [0.3, 0.4) is 0 Å². The van der Waals surface area contributed by atoms with Crippen LogP contribution in [0.2, 0.25) is 4.34 Å². The molecule has 1 saturated carbocycles. The van der Waals surface area contributed by atoms with Gasteiger partial charge in [-0.15, -0.1) is 11.3 Å². The maximum absolute atomic E-state index is 5.94. The Kier molecular flexibility index (Phi) is 3.47. The second-order valence-corrected chi connectivity index (χ2v) is 5.73. The lowest BCUT2D eigenvalue weighted by molar-refractivity contribution is 0.361. The molecule has 1 aliphatic carbocycles. The third-order valence-electron chi connectivity index (χ3n) is 3.13. The van der Waals surface area contributed by atoms with Crippen LogP contribution >= 0.6 is 22.9 Å². The number of hydrogen-bond donors (Lipinski definition) is 1. The number of rotatable bonds is 2. The quantitative estimate of drug-likeness (QED) is 0.817. The fraction of sp³-hybridized carbons (Fsp3) is 0.636. The molecule has 0 bridgehead atoms. The van der Waals surface area contributed by atoms with Crippen LogP contribution in [-0.4, -0.2) is 13.1 Å². The molecule has 1 N–H and O–H groups in total. The van der Waals surface area contributed by atoms with E-state index < -0.39 is 0 Å². The van der Waals surface area contributed by atoms with Crippen LogP contribution in [-0.2, 0) is 0 Å². The molecule has 0 unspecified atom stereocenters. The van der Waals surface area contributed by atoms with Gasteiger partial charge < -0.3 is 5.32 Å². The monoisotopic (exact) mass is 229 g/mol. The van der Waals surface area contributed by atoms with Crippen molar-refractivity contribution >= 4 is 22.9 Å². The van der Waals surface area contributed by atoms with E-state index in [9.17, 15) is 0 Å². The molecule has 0 aromatic carbocycles. The summed E-state index contributed by atoms with van der Waals surface area (Å²) in [6.45, 7) is 0. The minimum absolute atomic E-state index is 0.738. The lowest BCUT2D eigenvalue weighted by Crippen LogP contribution is -2.29. The zero-order valence-corrected chi connectivity index (χ0v) is 10.00. The Bertz CT molecular complexity index is 289. The maximum atomic E-state index is 5.94. The zero-order valence-electron chi connectivity index (χ0n) is 8.42. The van der Waals surface area contributed by atoms with Crippen molar-refractivity contribution in [2.24, 2.45) is 0 Å². The van der Waals surface area contributed by atoms with Gasteiger partial charge in [0.2, 0.25) is 0 Å². The Morgan fingerprint density at radius 2 is 2.00 bits per heavy atom. The van der Waals surface area contributed by atoms with Gasteiger partial charge in [-0.25, -0.2) is 0 Å². The predicted octanol–water partition coefficient (Wildman–Crippen LogP) is 3.65. The van der Waals surface area contributed by atoms with Gasteiger partial charge in [0.1, 0.15) is 0 Å². The zero-order chi connectivity index (χ0) is 9.97. The Hall–Kier alpha value is -0.0500. The van der Waals surface area contributed by atoms with Gasteiger partial charge in [0.25, 0.3) is 0 Å². The second kappa shape index (κ2) is 4.65. The number of hydrogen-bond acceptors (Lipinski definition) is 2. The van der Waals surface area contributed by atoms with Gasteiger partial charge in [0.15, 0.2) is 0 Å². The normalized spacial score (nSPS) is 27.9. The lowest BCUT2D eigenvalue weighted by Gasteiger charge is -2.27. The Morgan fingerprint density at radius 3 is 2.50 bits per heavy atom. The van der Waals surface area contributed by atoms with Gasteiger partial charge in [-0.1, -0.05) is 11.6 Å². The SMILES string of the molecule is CNC1CCC(c2ccc(Cl)s2)CC1.